The largest absolute Gasteiger partial charge is 0.310 e. The van der Waals surface area contributed by atoms with Crippen LogP contribution in [0.2, 0.25) is 0 Å². The van der Waals surface area contributed by atoms with Gasteiger partial charge in [-0.25, -0.2) is 8.78 Å². The summed E-state index contributed by atoms with van der Waals surface area (Å²) in [7, 11) is 0. The number of halogens is 2. The molecule has 0 aliphatic carbocycles. The molecule has 0 heterocycles. The molecule has 1 nitrogen and oxygen atoms in total. The van der Waals surface area contributed by atoms with E-state index < -0.39 is 11.6 Å². The molecule has 0 radical (unpaired) electrons. The molecule has 18 heavy (non-hydrogen) atoms. The van der Waals surface area contributed by atoms with Crippen molar-refractivity contribution in [1.29, 1.82) is 0 Å². The van der Waals surface area contributed by atoms with E-state index in [9.17, 15) is 8.78 Å². The fraction of sp³-hybridized carbons (Fsp3) is 0.571. The maximum atomic E-state index is 13.2. The molecule has 0 saturated carbocycles. The fourth-order valence-electron chi connectivity index (χ4n) is 1.63. The Bertz CT molecular complexity index is 371. The summed E-state index contributed by atoms with van der Waals surface area (Å²) >= 11 is 1.85. The normalized spacial score (nSPS) is 14.5. The van der Waals surface area contributed by atoms with Gasteiger partial charge >= 0.3 is 0 Å². The Balaban J connectivity index is 2.73. The van der Waals surface area contributed by atoms with Crippen LogP contribution in [-0.4, -0.2) is 17.5 Å². The minimum absolute atomic E-state index is 0.0732. The highest BCUT2D eigenvalue weighted by Gasteiger charge is 2.14. The Morgan fingerprint density at radius 3 is 2.50 bits per heavy atom. The van der Waals surface area contributed by atoms with Crippen LogP contribution in [0.1, 0.15) is 38.8 Å². The number of thioether (sulfide) groups is 1. The lowest BCUT2D eigenvalue weighted by atomic mass is 10.1. The second kappa shape index (κ2) is 7.74. The third kappa shape index (κ3) is 4.58. The summed E-state index contributed by atoms with van der Waals surface area (Å²) in [4.78, 5) is 0. The summed E-state index contributed by atoms with van der Waals surface area (Å²) in [6.07, 6.45) is 1.11. The lowest BCUT2D eigenvalue weighted by Gasteiger charge is -2.20. The lowest BCUT2D eigenvalue weighted by molar-refractivity contribution is 0.502. The van der Waals surface area contributed by atoms with Crippen LogP contribution >= 0.6 is 11.8 Å². The average Bonchev–Trinajstić information content (AvgIpc) is 2.37. The second-order valence-corrected chi connectivity index (χ2v) is 5.81. The van der Waals surface area contributed by atoms with Gasteiger partial charge in [0.2, 0.25) is 0 Å². The van der Waals surface area contributed by atoms with Crippen LogP contribution in [0, 0.1) is 11.6 Å². The minimum atomic E-state index is -0.788. The molecule has 0 saturated heterocycles. The van der Waals surface area contributed by atoms with E-state index in [1.807, 2.05) is 18.7 Å². The van der Waals surface area contributed by atoms with Gasteiger partial charge in [0.15, 0.2) is 11.6 Å². The van der Waals surface area contributed by atoms with Crippen LogP contribution < -0.4 is 5.32 Å². The first-order valence-electron chi connectivity index (χ1n) is 6.38. The van der Waals surface area contributed by atoms with Gasteiger partial charge < -0.3 is 5.32 Å². The molecule has 2 atom stereocenters. The molecule has 0 aliphatic heterocycles. The number of nitrogens with one attached hydrogen (secondary N) is 1. The number of benzene rings is 1. The van der Waals surface area contributed by atoms with Crippen molar-refractivity contribution in [2.24, 2.45) is 0 Å². The molecule has 1 N–H and O–H groups in total. The molecule has 0 bridgehead atoms. The Morgan fingerprint density at radius 2 is 1.94 bits per heavy atom. The molecule has 1 aromatic carbocycles. The maximum absolute atomic E-state index is 13.2. The van der Waals surface area contributed by atoms with E-state index in [2.05, 4.69) is 19.2 Å². The monoisotopic (exact) mass is 273 g/mol. The first-order valence-corrected chi connectivity index (χ1v) is 7.43. The SMILES string of the molecule is CCNC(CSC(C)CC)c1ccc(F)c(F)c1. The Kier molecular flexibility index (Phi) is 6.65. The van der Waals surface area contributed by atoms with Crippen LogP contribution in [0.5, 0.6) is 0 Å². The summed E-state index contributed by atoms with van der Waals surface area (Å²) < 4.78 is 26.2. The lowest BCUT2D eigenvalue weighted by Crippen LogP contribution is -2.24. The smallest absolute Gasteiger partial charge is 0.159 e. The summed E-state index contributed by atoms with van der Waals surface area (Å²) in [6.45, 7) is 7.15. The molecule has 0 fully saturated rings. The summed E-state index contributed by atoms with van der Waals surface area (Å²) in [6, 6.07) is 4.22. The highest BCUT2D eigenvalue weighted by molar-refractivity contribution is 7.99. The van der Waals surface area contributed by atoms with Crippen molar-refractivity contribution in [3.8, 4) is 0 Å². The molecule has 0 amide bonds. The standard InChI is InChI=1S/C14H21F2NS/c1-4-10(3)18-9-14(17-5-2)11-6-7-12(15)13(16)8-11/h6-8,10,14,17H,4-5,9H2,1-3H3. The number of rotatable bonds is 7. The molecule has 0 aliphatic rings. The van der Waals surface area contributed by atoms with E-state index in [1.54, 1.807) is 6.07 Å². The third-order valence-corrected chi connectivity index (χ3v) is 4.35. The molecular formula is C14H21F2NS. The highest BCUT2D eigenvalue weighted by atomic mass is 32.2. The van der Waals surface area contributed by atoms with Crippen LogP contribution in [-0.2, 0) is 0 Å². The third-order valence-electron chi connectivity index (χ3n) is 2.92. The quantitative estimate of drug-likeness (QED) is 0.801. The summed E-state index contributed by atoms with van der Waals surface area (Å²) in [5.74, 6) is -0.694. The van der Waals surface area contributed by atoms with E-state index in [-0.39, 0.29) is 6.04 Å². The Labute approximate surface area is 112 Å². The van der Waals surface area contributed by atoms with Crippen molar-refractivity contribution in [3.05, 3.63) is 35.4 Å². The Hall–Kier alpha value is -0.610. The first kappa shape index (κ1) is 15.4. The van der Waals surface area contributed by atoms with Gasteiger partial charge in [-0.05, 0) is 30.7 Å². The predicted molar refractivity (Wildman–Crippen MR) is 75.0 cm³/mol. The Morgan fingerprint density at radius 1 is 1.22 bits per heavy atom. The zero-order valence-corrected chi connectivity index (χ0v) is 12.0. The van der Waals surface area contributed by atoms with Crippen LogP contribution in [0.15, 0.2) is 18.2 Å². The van der Waals surface area contributed by atoms with Crippen LogP contribution in [0.4, 0.5) is 8.78 Å². The highest BCUT2D eigenvalue weighted by Crippen LogP contribution is 2.24. The van der Waals surface area contributed by atoms with Gasteiger partial charge in [-0.15, -0.1) is 0 Å². The van der Waals surface area contributed by atoms with E-state index in [0.717, 1.165) is 24.3 Å². The predicted octanol–water partition coefficient (Wildman–Crippen LogP) is 4.15. The molecule has 1 rings (SSSR count). The van der Waals surface area contributed by atoms with Crippen LogP contribution in [0.25, 0.3) is 0 Å². The summed E-state index contributed by atoms with van der Waals surface area (Å²) in [5.41, 5.74) is 0.812. The minimum Gasteiger partial charge on any atom is -0.310 e. The molecule has 0 spiro atoms. The summed E-state index contributed by atoms with van der Waals surface area (Å²) in [5, 5.41) is 3.90. The van der Waals surface area contributed by atoms with Gasteiger partial charge in [0.1, 0.15) is 0 Å². The van der Waals surface area contributed by atoms with Crippen molar-refractivity contribution in [1.82, 2.24) is 5.32 Å². The van der Waals surface area contributed by atoms with Crippen molar-refractivity contribution in [3.63, 3.8) is 0 Å². The molecule has 1 aromatic rings. The van der Waals surface area contributed by atoms with Crippen LogP contribution in [0.3, 0.4) is 0 Å². The molecule has 0 aromatic heterocycles. The number of hydrogen-bond acceptors (Lipinski definition) is 2. The van der Waals surface area contributed by atoms with Gasteiger partial charge in [0.05, 0.1) is 0 Å². The fourth-order valence-corrected chi connectivity index (χ4v) is 2.69. The zero-order chi connectivity index (χ0) is 13.5. The molecule has 102 valence electrons. The van der Waals surface area contributed by atoms with Gasteiger partial charge in [-0.3, -0.25) is 0 Å². The number of hydrogen-bond donors (Lipinski definition) is 1. The molecule has 4 heteroatoms. The topological polar surface area (TPSA) is 12.0 Å². The van der Waals surface area contributed by atoms with E-state index >= 15 is 0 Å². The maximum Gasteiger partial charge on any atom is 0.159 e. The van der Waals surface area contributed by atoms with E-state index in [4.69, 9.17) is 0 Å². The second-order valence-electron chi connectivity index (χ2n) is 4.34. The van der Waals surface area contributed by atoms with Crippen molar-refractivity contribution in [2.75, 3.05) is 12.3 Å². The van der Waals surface area contributed by atoms with Crippen molar-refractivity contribution >= 4 is 11.8 Å². The van der Waals surface area contributed by atoms with E-state index in [0.29, 0.717) is 5.25 Å². The van der Waals surface area contributed by atoms with Crippen molar-refractivity contribution < 1.29 is 8.78 Å². The molecular weight excluding hydrogens is 252 g/mol. The first-order chi connectivity index (χ1) is 8.58. The van der Waals surface area contributed by atoms with Crippen molar-refractivity contribution in [2.45, 2.75) is 38.5 Å². The average molecular weight is 273 g/mol. The van der Waals surface area contributed by atoms with Gasteiger partial charge in [0.25, 0.3) is 0 Å². The van der Waals surface area contributed by atoms with Gasteiger partial charge in [-0.2, -0.15) is 11.8 Å². The van der Waals surface area contributed by atoms with E-state index in [1.165, 1.54) is 12.1 Å². The van der Waals surface area contributed by atoms with Gasteiger partial charge in [0, 0.05) is 17.0 Å². The molecule has 2 unspecified atom stereocenters. The zero-order valence-electron chi connectivity index (χ0n) is 11.2. The van der Waals surface area contributed by atoms with Gasteiger partial charge in [-0.1, -0.05) is 26.8 Å².